The van der Waals surface area contributed by atoms with Crippen LogP contribution in [0.15, 0.2) is 24.3 Å². The van der Waals surface area contributed by atoms with Crippen molar-refractivity contribution < 1.29 is 14.6 Å². The minimum absolute atomic E-state index is 0.0793. The molecule has 0 saturated heterocycles. The maximum Gasteiger partial charge on any atom is 0.304 e. The van der Waals surface area contributed by atoms with E-state index in [0.717, 1.165) is 5.56 Å². The number of aliphatic carboxylic acids is 1. The Bertz CT molecular complexity index is 447. The topological polar surface area (TPSA) is 46.5 Å². The molecule has 0 aliphatic rings. The molecule has 19 heavy (non-hydrogen) atoms. The second kappa shape index (κ2) is 5.74. The summed E-state index contributed by atoms with van der Waals surface area (Å²) in [5.74, 6) is -0.772. The highest BCUT2D eigenvalue weighted by molar-refractivity contribution is 5.68. The van der Waals surface area contributed by atoms with Gasteiger partial charge in [-0.15, -0.1) is 0 Å². The summed E-state index contributed by atoms with van der Waals surface area (Å²) in [6.07, 6.45) is 0.126. The van der Waals surface area contributed by atoms with Crippen LogP contribution in [0.5, 0.6) is 0 Å². The molecule has 0 spiro atoms. The lowest BCUT2D eigenvalue weighted by atomic mass is 9.77. The van der Waals surface area contributed by atoms with Gasteiger partial charge < -0.3 is 9.84 Å². The SMILES string of the molecule is COCC(C)(C)c1cccc(C(C)(C)CC(=O)O)c1. The fourth-order valence-electron chi connectivity index (χ4n) is 2.29. The Morgan fingerprint density at radius 2 is 1.68 bits per heavy atom. The van der Waals surface area contributed by atoms with Crippen LogP contribution in [0.1, 0.15) is 45.2 Å². The number of methoxy groups -OCH3 is 1. The van der Waals surface area contributed by atoms with Gasteiger partial charge in [-0.2, -0.15) is 0 Å². The van der Waals surface area contributed by atoms with Crippen molar-refractivity contribution in [1.29, 1.82) is 0 Å². The predicted octanol–water partition coefficient (Wildman–Crippen LogP) is 3.36. The highest BCUT2D eigenvalue weighted by atomic mass is 16.5. The van der Waals surface area contributed by atoms with E-state index in [1.807, 2.05) is 26.0 Å². The third-order valence-electron chi connectivity index (χ3n) is 3.52. The van der Waals surface area contributed by atoms with Crippen LogP contribution < -0.4 is 0 Å². The van der Waals surface area contributed by atoms with E-state index in [9.17, 15) is 4.79 Å². The van der Waals surface area contributed by atoms with Crippen molar-refractivity contribution in [2.75, 3.05) is 13.7 Å². The zero-order valence-electron chi connectivity index (χ0n) is 12.5. The lowest BCUT2D eigenvalue weighted by Crippen LogP contribution is -2.26. The van der Waals surface area contributed by atoms with Gasteiger partial charge in [-0.3, -0.25) is 4.79 Å². The lowest BCUT2D eigenvalue weighted by molar-refractivity contribution is -0.138. The Labute approximate surface area is 115 Å². The average Bonchev–Trinajstić information content (AvgIpc) is 2.27. The van der Waals surface area contributed by atoms with Gasteiger partial charge in [-0.25, -0.2) is 0 Å². The number of ether oxygens (including phenoxy) is 1. The number of rotatable bonds is 6. The van der Waals surface area contributed by atoms with Crippen LogP contribution in [0.25, 0.3) is 0 Å². The zero-order valence-corrected chi connectivity index (χ0v) is 12.5. The van der Waals surface area contributed by atoms with Crippen LogP contribution >= 0.6 is 0 Å². The molecule has 0 aliphatic carbocycles. The molecule has 1 aromatic carbocycles. The maximum atomic E-state index is 11.0. The van der Waals surface area contributed by atoms with E-state index in [1.54, 1.807) is 7.11 Å². The summed E-state index contributed by atoms with van der Waals surface area (Å²) in [5, 5.41) is 9.00. The molecule has 0 bridgehead atoms. The van der Waals surface area contributed by atoms with E-state index < -0.39 is 5.97 Å². The highest BCUT2D eigenvalue weighted by Crippen LogP contribution is 2.31. The Morgan fingerprint density at radius 1 is 1.16 bits per heavy atom. The molecule has 0 atom stereocenters. The van der Waals surface area contributed by atoms with Gasteiger partial charge >= 0.3 is 5.97 Å². The van der Waals surface area contributed by atoms with Crippen molar-refractivity contribution in [2.24, 2.45) is 0 Å². The molecule has 1 N–H and O–H groups in total. The first-order valence-corrected chi connectivity index (χ1v) is 6.51. The van der Waals surface area contributed by atoms with Gasteiger partial charge in [-0.1, -0.05) is 52.0 Å². The molecule has 0 saturated carbocycles. The van der Waals surface area contributed by atoms with E-state index in [2.05, 4.69) is 26.0 Å². The Morgan fingerprint density at radius 3 is 2.16 bits per heavy atom. The monoisotopic (exact) mass is 264 g/mol. The van der Waals surface area contributed by atoms with Crippen molar-refractivity contribution in [3.63, 3.8) is 0 Å². The molecular weight excluding hydrogens is 240 g/mol. The molecule has 1 aromatic rings. The van der Waals surface area contributed by atoms with Crippen LogP contribution in [0.3, 0.4) is 0 Å². The fourth-order valence-corrected chi connectivity index (χ4v) is 2.29. The number of carboxylic acids is 1. The first-order valence-electron chi connectivity index (χ1n) is 6.51. The normalized spacial score (nSPS) is 12.5. The fraction of sp³-hybridized carbons (Fsp3) is 0.562. The number of hydrogen-bond donors (Lipinski definition) is 1. The van der Waals surface area contributed by atoms with E-state index in [1.165, 1.54) is 5.56 Å². The van der Waals surface area contributed by atoms with Gasteiger partial charge in [0, 0.05) is 17.9 Å². The van der Waals surface area contributed by atoms with E-state index >= 15 is 0 Å². The van der Waals surface area contributed by atoms with E-state index in [0.29, 0.717) is 6.61 Å². The van der Waals surface area contributed by atoms with Gasteiger partial charge in [0.05, 0.1) is 13.0 Å². The first-order chi connectivity index (χ1) is 8.69. The Hall–Kier alpha value is -1.35. The highest BCUT2D eigenvalue weighted by Gasteiger charge is 2.27. The summed E-state index contributed by atoms with van der Waals surface area (Å²) in [6.45, 7) is 8.81. The summed E-state index contributed by atoms with van der Waals surface area (Å²) in [4.78, 5) is 11.0. The molecular formula is C16H24O3. The molecule has 0 radical (unpaired) electrons. The minimum Gasteiger partial charge on any atom is -0.481 e. The third-order valence-corrected chi connectivity index (χ3v) is 3.52. The van der Waals surface area contributed by atoms with Gasteiger partial charge in [0.25, 0.3) is 0 Å². The number of carboxylic acid groups (broad SMARTS) is 1. The average molecular weight is 264 g/mol. The number of carbonyl (C=O) groups is 1. The predicted molar refractivity (Wildman–Crippen MR) is 76.6 cm³/mol. The van der Waals surface area contributed by atoms with E-state index in [4.69, 9.17) is 9.84 Å². The maximum absolute atomic E-state index is 11.0. The summed E-state index contributed by atoms with van der Waals surface area (Å²) < 4.78 is 5.26. The standard InChI is InChI=1S/C16H24O3/c1-15(2,10-14(17)18)12-7-6-8-13(9-12)16(3,4)11-19-5/h6-9H,10-11H2,1-5H3,(H,17,18). The van der Waals surface area contributed by atoms with Crippen LogP contribution in [-0.4, -0.2) is 24.8 Å². The van der Waals surface area contributed by atoms with Crippen molar-refractivity contribution in [2.45, 2.75) is 44.9 Å². The summed E-state index contributed by atoms with van der Waals surface area (Å²) in [7, 11) is 1.69. The molecule has 0 fully saturated rings. The van der Waals surface area contributed by atoms with Crippen molar-refractivity contribution >= 4 is 5.97 Å². The molecule has 0 aromatic heterocycles. The largest absolute Gasteiger partial charge is 0.481 e. The third kappa shape index (κ3) is 4.06. The van der Waals surface area contributed by atoms with Gasteiger partial charge in [0.1, 0.15) is 0 Å². The van der Waals surface area contributed by atoms with Crippen LogP contribution in [0.4, 0.5) is 0 Å². The molecule has 1 rings (SSSR count). The number of benzene rings is 1. The minimum atomic E-state index is -0.772. The molecule has 0 heterocycles. The molecule has 106 valence electrons. The number of hydrogen-bond acceptors (Lipinski definition) is 2. The lowest BCUT2D eigenvalue weighted by Gasteiger charge is -2.28. The van der Waals surface area contributed by atoms with Crippen LogP contribution in [0, 0.1) is 0 Å². The molecule has 3 heteroatoms. The molecule has 3 nitrogen and oxygen atoms in total. The van der Waals surface area contributed by atoms with Crippen LogP contribution in [0.2, 0.25) is 0 Å². The van der Waals surface area contributed by atoms with Crippen molar-refractivity contribution in [3.8, 4) is 0 Å². The Balaban J connectivity index is 3.10. The summed E-state index contributed by atoms with van der Waals surface area (Å²) in [6, 6.07) is 8.16. The van der Waals surface area contributed by atoms with Gasteiger partial charge in [0.2, 0.25) is 0 Å². The summed E-state index contributed by atoms with van der Waals surface area (Å²) >= 11 is 0. The summed E-state index contributed by atoms with van der Waals surface area (Å²) in [5.41, 5.74) is 1.77. The quantitative estimate of drug-likeness (QED) is 0.857. The van der Waals surface area contributed by atoms with E-state index in [-0.39, 0.29) is 17.3 Å². The van der Waals surface area contributed by atoms with Crippen molar-refractivity contribution in [3.05, 3.63) is 35.4 Å². The van der Waals surface area contributed by atoms with Crippen LogP contribution in [-0.2, 0) is 20.4 Å². The first kappa shape index (κ1) is 15.7. The molecule has 0 aliphatic heterocycles. The van der Waals surface area contributed by atoms with Gasteiger partial charge in [-0.05, 0) is 11.1 Å². The zero-order chi connectivity index (χ0) is 14.7. The van der Waals surface area contributed by atoms with Gasteiger partial charge in [0.15, 0.2) is 0 Å². The second-order valence-corrected chi connectivity index (χ2v) is 6.35. The molecule has 0 amide bonds. The molecule has 0 unspecified atom stereocenters. The second-order valence-electron chi connectivity index (χ2n) is 6.35. The smallest absolute Gasteiger partial charge is 0.304 e. The van der Waals surface area contributed by atoms with Crippen molar-refractivity contribution in [1.82, 2.24) is 0 Å². The Kier molecular flexibility index (Phi) is 4.75.